The maximum Gasteiger partial charge on any atom is 0.0380 e. The fraction of sp³-hybridized carbons (Fsp3) is 0.375. The summed E-state index contributed by atoms with van der Waals surface area (Å²) in [6.45, 7) is 8.63. The van der Waals surface area contributed by atoms with Crippen molar-refractivity contribution >= 4 is 5.69 Å². The molecule has 3 N–H and O–H groups in total. The maximum absolute atomic E-state index is 5.30. The van der Waals surface area contributed by atoms with Gasteiger partial charge in [-0.25, -0.2) is 0 Å². The number of hydrogen-bond acceptors (Lipinski definition) is 4. The molecule has 20 heavy (non-hydrogen) atoms. The third kappa shape index (κ3) is 4.03. The van der Waals surface area contributed by atoms with E-state index in [9.17, 15) is 0 Å². The highest BCUT2D eigenvalue weighted by Crippen LogP contribution is 2.15. The van der Waals surface area contributed by atoms with Gasteiger partial charge in [-0.3, -0.25) is 0 Å². The Morgan fingerprint density at radius 2 is 1.90 bits per heavy atom. The van der Waals surface area contributed by atoms with E-state index < -0.39 is 0 Å². The van der Waals surface area contributed by atoms with Crippen LogP contribution in [0.15, 0.2) is 48.9 Å². The van der Waals surface area contributed by atoms with Crippen LogP contribution < -0.4 is 11.1 Å². The molecule has 4 heteroatoms. The van der Waals surface area contributed by atoms with Crippen molar-refractivity contribution in [2.45, 2.75) is 6.42 Å². The van der Waals surface area contributed by atoms with E-state index in [4.69, 9.17) is 5.73 Å². The fourth-order valence-electron chi connectivity index (χ4n) is 2.33. The van der Waals surface area contributed by atoms with E-state index in [-0.39, 0.29) is 0 Å². The number of rotatable bonds is 5. The second-order valence-electron chi connectivity index (χ2n) is 5.23. The van der Waals surface area contributed by atoms with Crippen LogP contribution in [0.1, 0.15) is 5.56 Å². The predicted molar refractivity (Wildman–Crippen MR) is 85.3 cm³/mol. The molecule has 1 aromatic rings. The lowest BCUT2D eigenvalue weighted by Crippen LogP contribution is -2.43. The molecule has 1 aliphatic heterocycles. The van der Waals surface area contributed by atoms with Gasteiger partial charge in [0.1, 0.15) is 0 Å². The molecule has 108 valence electrons. The number of anilines is 1. The van der Waals surface area contributed by atoms with Gasteiger partial charge >= 0.3 is 0 Å². The molecule has 0 amide bonds. The Hall–Kier alpha value is -1.94. The van der Waals surface area contributed by atoms with Gasteiger partial charge in [-0.1, -0.05) is 18.7 Å². The maximum atomic E-state index is 5.30. The summed E-state index contributed by atoms with van der Waals surface area (Å²) < 4.78 is 0. The number of nitrogens with one attached hydrogen (secondary N) is 1. The van der Waals surface area contributed by atoms with E-state index in [2.05, 4.69) is 53.0 Å². The molecule has 0 radical (unpaired) electrons. The van der Waals surface area contributed by atoms with Gasteiger partial charge in [-0.15, -0.1) is 0 Å². The fourth-order valence-corrected chi connectivity index (χ4v) is 2.33. The van der Waals surface area contributed by atoms with Gasteiger partial charge in [-0.2, -0.15) is 0 Å². The first-order chi connectivity index (χ1) is 9.69. The largest absolute Gasteiger partial charge is 0.403 e. The van der Waals surface area contributed by atoms with E-state index in [1.54, 1.807) is 6.20 Å². The minimum absolute atomic E-state index is 0.913. The van der Waals surface area contributed by atoms with Crippen molar-refractivity contribution in [1.29, 1.82) is 0 Å². The lowest BCUT2D eigenvalue weighted by Gasteiger charge is -2.35. The normalized spacial score (nSPS) is 16.6. The zero-order valence-electron chi connectivity index (χ0n) is 12.2. The number of hydrogen-bond donors (Lipinski definition) is 2. The third-order valence-corrected chi connectivity index (χ3v) is 3.66. The minimum atomic E-state index is 0.913. The van der Waals surface area contributed by atoms with Crippen molar-refractivity contribution in [3.05, 3.63) is 54.5 Å². The van der Waals surface area contributed by atoms with Crippen LogP contribution in [-0.2, 0) is 6.42 Å². The van der Waals surface area contributed by atoms with E-state index in [1.165, 1.54) is 17.5 Å². The van der Waals surface area contributed by atoms with Gasteiger partial charge in [0.25, 0.3) is 0 Å². The molecule has 0 saturated carbocycles. The van der Waals surface area contributed by atoms with Gasteiger partial charge in [0.15, 0.2) is 0 Å². The Bertz CT molecular complexity index is 456. The summed E-state index contributed by atoms with van der Waals surface area (Å²) in [6, 6.07) is 8.39. The van der Waals surface area contributed by atoms with E-state index >= 15 is 0 Å². The van der Waals surface area contributed by atoms with E-state index in [1.807, 2.05) is 0 Å². The van der Waals surface area contributed by atoms with Gasteiger partial charge in [0.05, 0.1) is 0 Å². The Morgan fingerprint density at radius 3 is 2.50 bits per heavy atom. The highest BCUT2D eigenvalue weighted by molar-refractivity contribution is 5.47. The van der Waals surface area contributed by atoms with Crippen molar-refractivity contribution in [3.8, 4) is 0 Å². The molecule has 1 heterocycles. The van der Waals surface area contributed by atoms with Crippen molar-refractivity contribution < 1.29 is 0 Å². The molecular weight excluding hydrogens is 248 g/mol. The summed E-state index contributed by atoms with van der Waals surface area (Å²) in [6.07, 6.45) is 4.12. The first kappa shape index (κ1) is 14.5. The molecule has 1 saturated heterocycles. The Kier molecular flexibility index (Phi) is 5.07. The molecule has 1 aliphatic rings. The van der Waals surface area contributed by atoms with Crippen LogP contribution in [-0.4, -0.2) is 43.0 Å². The molecule has 4 nitrogen and oxygen atoms in total. The molecule has 0 spiro atoms. The second kappa shape index (κ2) is 7.01. The summed E-state index contributed by atoms with van der Waals surface area (Å²) in [7, 11) is 2.17. The zero-order valence-corrected chi connectivity index (χ0v) is 12.2. The first-order valence-corrected chi connectivity index (χ1v) is 7.02. The standard InChI is InChI=1S/C16H24N4/c1-14(20-11-9-19(2)10-12-20)13-15-3-5-16(6-4-15)18-8-7-17/h3-8,18H,1,9-13,17H2,2H3/b8-7-. The topological polar surface area (TPSA) is 44.5 Å². The van der Waals surface area contributed by atoms with Crippen LogP contribution in [0.4, 0.5) is 5.69 Å². The minimum Gasteiger partial charge on any atom is -0.403 e. The average Bonchev–Trinajstić information content (AvgIpc) is 2.47. The highest BCUT2D eigenvalue weighted by Gasteiger charge is 2.14. The molecular formula is C16H24N4. The van der Waals surface area contributed by atoms with Crippen molar-refractivity contribution in [2.75, 3.05) is 38.5 Å². The first-order valence-electron chi connectivity index (χ1n) is 7.02. The Morgan fingerprint density at radius 1 is 1.25 bits per heavy atom. The van der Waals surface area contributed by atoms with Gasteiger partial charge in [0.2, 0.25) is 0 Å². The number of nitrogens with two attached hydrogens (primary N) is 1. The monoisotopic (exact) mass is 272 g/mol. The van der Waals surface area contributed by atoms with E-state index in [0.717, 1.165) is 38.3 Å². The van der Waals surface area contributed by atoms with Crippen LogP contribution in [0.3, 0.4) is 0 Å². The SMILES string of the molecule is C=C(Cc1ccc(N/C=C\N)cc1)N1CCN(C)CC1. The average molecular weight is 272 g/mol. The Balaban J connectivity index is 1.87. The number of piperazine rings is 1. The van der Waals surface area contributed by atoms with Crippen molar-refractivity contribution in [3.63, 3.8) is 0 Å². The lowest BCUT2D eigenvalue weighted by atomic mass is 10.1. The van der Waals surface area contributed by atoms with Crippen molar-refractivity contribution in [2.24, 2.45) is 5.73 Å². The summed E-state index contributed by atoms with van der Waals surface area (Å²) in [5.41, 5.74) is 8.84. The number of nitrogens with zero attached hydrogens (tertiary/aromatic N) is 2. The predicted octanol–water partition coefficient (Wildman–Crippen LogP) is 1.83. The second-order valence-corrected chi connectivity index (χ2v) is 5.23. The molecule has 0 atom stereocenters. The summed E-state index contributed by atoms with van der Waals surface area (Å²) >= 11 is 0. The number of benzene rings is 1. The number of likely N-dealkylation sites (N-methyl/N-ethyl adjacent to an activating group) is 1. The van der Waals surface area contributed by atoms with Crippen LogP contribution in [0.25, 0.3) is 0 Å². The zero-order chi connectivity index (χ0) is 14.4. The van der Waals surface area contributed by atoms with Crippen molar-refractivity contribution in [1.82, 2.24) is 9.80 Å². The van der Waals surface area contributed by atoms with Gasteiger partial charge < -0.3 is 20.9 Å². The molecule has 0 unspecified atom stereocenters. The molecule has 1 aromatic carbocycles. The number of allylic oxidation sites excluding steroid dienone is 1. The van der Waals surface area contributed by atoms with Crippen LogP contribution in [0, 0.1) is 0 Å². The molecule has 0 aromatic heterocycles. The molecule has 0 bridgehead atoms. The van der Waals surface area contributed by atoms with Gasteiger partial charge in [-0.05, 0) is 24.7 Å². The smallest absolute Gasteiger partial charge is 0.0380 e. The lowest BCUT2D eigenvalue weighted by molar-refractivity contribution is 0.184. The summed E-state index contributed by atoms with van der Waals surface area (Å²) in [5.74, 6) is 0. The van der Waals surface area contributed by atoms with Gasteiger partial charge in [0, 0.05) is 56.4 Å². The Labute approximate surface area is 121 Å². The molecule has 2 rings (SSSR count). The van der Waals surface area contributed by atoms with Crippen LogP contribution >= 0.6 is 0 Å². The summed E-state index contributed by atoms with van der Waals surface area (Å²) in [4.78, 5) is 4.75. The summed E-state index contributed by atoms with van der Waals surface area (Å²) in [5, 5.41) is 3.10. The third-order valence-electron chi connectivity index (χ3n) is 3.66. The highest BCUT2D eigenvalue weighted by atomic mass is 15.2. The molecule has 1 fully saturated rings. The molecule has 0 aliphatic carbocycles. The van der Waals surface area contributed by atoms with Crippen LogP contribution in [0.5, 0.6) is 0 Å². The van der Waals surface area contributed by atoms with Crippen LogP contribution in [0.2, 0.25) is 0 Å². The quantitative estimate of drug-likeness (QED) is 0.858. The van der Waals surface area contributed by atoms with E-state index in [0.29, 0.717) is 0 Å².